The van der Waals surface area contributed by atoms with Gasteiger partial charge in [-0.05, 0) is 50.1 Å². The van der Waals surface area contributed by atoms with E-state index in [4.69, 9.17) is 4.74 Å². The number of nitrogens with one attached hydrogen (secondary N) is 1. The SMILES string of the molecule is CCn1cc(C(=O)NCCCSC2CCCCC2)c(=O)c2cc(S(=O)(=O)N3CCOCC3)ccc21. The van der Waals surface area contributed by atoms with Gasteiger partial charge in [-0.25, -0.2) is 8.42 Å². The Hall–Kier alpha value is -1.88. The summed E-state index contributed by atoms with van der Waals surface area (Å²) >= 11 is 1.99. The van der Waals surface area contributed by atoms with E-state index in [2.05, 4.69) is 5.32 Å². The van der Waals surface area contributed by atoms with Gasteiger partial charge in [0, 0.05) is 43.0 Å². The molecule has 1 saturated carbocycles. The van der Waals surface area contributed by atoms with Gasteiger partial charge in [-0.3, -0.25) is 9.59 Å². The number of amides is 1. The zero-order valence-corrected chi connectivity index (χ0v) is 22.0. The van der Waals surface area contributed by atoms with E-state index >= 15 is 0 Å². The van der Waals surface area contributed by atoms with Crippen molar-refractivity contribution in [3.8, 4) is 0 Å². The van der Waals surface area contributed by atoms with Gasteiger partial charge in [0.25, 0.3) is 5.91 Å². The van der Waals surface area contributed by atoms with Crippen LogP contribution in [0.15, 0.2) is 34.1 Å². The fraction of sp³-hybridized carbons (Fsp3) is 0.600. The van der Waals surface area contributed by atoms with Crippen molar-refractivity contribution in [1.82, 2.24) is 14.2 Å². The zero-order valence-electron chi connectivity index (χ0n) is 20.3. The van der Waals surface area contributed by atoms with Crippen LogP contribution in [0, 0.1) is 0 Å². The molecule has 0 atom stereocenters. The van der Waals surface area contributed by atoms with Crippen molar-refractivity contribution in [2.24, 2.45) is 0 Å². The number of benzene rings is 1. The average molecular weight is 522 g/mol. The van der Waals surface area contributed by atoms with Crippen molar-refractivity contribution in [2.45, 2.75) is 62.1 Å². The largest absolute Gasteiger partial charge is 0.379 e. The third-order valence-corrected chi connectivity index (χ3v) is 10.1. The maximum Gasteiger partial charge on any atom is 0.256 e. The summed E-state index contributed by atoms with van der Waals surface area (Å²) in [5.74, 6) is 0.577. The minimum Gasteiger partial charge on any atom is -0.379 e. The topological polar surface area (TPSA) is 97.7 Å². The first-order valence-corrected chi connectivity index (χ1v) is 15.1. The van der Waals surface area contributed by atoms with Gasteiger partial charge in [0.1, 0.15) is 5.56 Å². The number of rotatable bonds is 9. The number of sulfonamides is 1. The van der Waals surface area contributed by atoms with Gasteiger partial charge in [-0.15, -0.1) is 0 Å². The van der Waals surface area contributed by atoms with Gasteiger partial charge >= 0.3 is 0 Å². The molecule has 2 aromatic rings. The maximum absolute atomic E-state index is 13.3. The first-order valence-electron chi connectivity index (χ1n) is 12.6. The molecule has 1 aromatic carbocycles. The summed E-state index contributed by atoms with van der Waals surface area (Å²) in [5, 5.41) is 3.86. The number of hydrogen-bond acceptors (Lipinski definition) is 6. The summed E-state index contributed by atoms with van der Waals surface area (Å²) in [4.78, 5) is 26.2. The molecule has 2 fully saturated rings. The summed E-state index contributed by atoms with van der Waals surface area (Å²) in [7, 11) is -3.75. The minimum atomic E-state index is -3.75. The molecule has 1 saturated heterocycles. The third-order valence-electron chi connectivity index (χ3n) is 6.76. The van der Waals surface area contributed by atoms with Crippen molar-refractivity contribution < 1.29 is 17.9 Å². The summed E-state index contributed by atoms with van der Waals surface area (Å²) in [6.07, 6.45) is 8.97. The van der Waals surface area contributed by atoms with E-state index in [1.54, 1.807) is 12.3 Å². The summed E-state index contributed by atoms with van der Waals surface area (Å²) in [6.45, 7) is 4.23. The highest BCUT2D eigenvalue weighted by Gasteiger charge is 2.27. The van der Waals surface area contributed by atoms with Crippen LogP contribution in [-0.2, 0) is 21.3 Å². The molecule has 2 heterocycles. The average Bonchev–Trinajstić information content (AvgIpc) is 2.89. The number of aromatic nitrogens is 1. The molecule has 1 N–H and O–H groups in total. The Bertz CT molecular complexity index is 1200. The van der Waals surface area contributed by atoms with Crippen LogP contribution in [0.1, 0.15) is 55.8 Å². The Balaban J connectivity index is 1.50. The summed E-state index contributed by atoms with van der Waals surface area (Å²) < 4.78 is 34.7. The zero-order chi connectivity index (χ0) is 24.8. The fourth-order valence-corrected chi connectivity index (χ4v) is 7.49. The highest BCUT2D eigenvalue weighted by Crippen LogP contribution is 2.28. The number of carbonyl (C=O) groups is 1. The molecule has 1 aromatic heterocycles. The van der Waals surface area contributed by atoms with Crippen molar-refractivity contribution in [2.75, 3.05) is 38.6 Å². The molecule has 1 aliphatic carbocycles. The smallest absolute Gasteiger partial charge is 0.256 e. The number of aryl methyl sites for hydroxylation is 1. The van der Waals surface area contributed by atoms with E-state index in [0.29, 0.717) is 31.8 Å². The van der Waals surface area contributed by atoms with Gasteiger partial charge in [0.15, 0.2) is 0 Å². The van der Waals surface area contributed by atoms with Gasteiger partial charge in [0.2, 0.25) is 15.5 Å². The van der Waals surface area contributed by atoms with Crippen molar-refractivity contribution in [1.29, 1.82) is 0 Å². The number of thioether (sulfide) groups is 1. The third kappa shape index (κ3) is 6.10. The highest BCUT2D eigenvalue weighted by atomic mass is 32.2. The van der Waals surface area contributed by atoms with Crippen molar-refractivity contribution in [3.05, 3.63) is 40.2 Å². The van der Waals surface area contributed by atoms with Crippen LogP contribution in [-0.4, -0.2) is 67.0 Å². The summed E-state index contributed by atoms with van der Waals surface area (Å²) in [6, 6.07) is 4.59. The molecule has 1 amide bonds. The van der Waals surface area contributed by atoms with E-state index in [-0.39, 0.29) is 28.9 Å². The predicted molar refractivity (Wildman–Crippen MR) is 140 cm³/mol. The highest BCUT2D eigenvalue weighted by molar-refractivity contribution is 7.99. The molecule has 2 aliphatic rings. The van der Waals surface area contributed by atoms with Crippen LogP contribution in [0.25, 0.3) is 10.9 Å². The normalized spacial score (nSPS) is 18.1. The van der Waals surface area contributed by atoms with Gasteiger partial charge in [-0.2, -0.15) is 16.1 Å². The van der Waals surface area contributed by atoms with Crippen LogP contribution in [0.4, 0.5) is 0 Å². The molecule has 192 valence electrons. The molecule has 35 heavy (non-hydrogen) atoms. The molecular weight excluding hydrogens is 486 g/mol. The molecule has 0 radical (unpaired) electrons. The quantitative estimate of drug-likeness (QED) is 0.509. The minimum absolute atomic E-state index is 0.0419. The van der Waals surface area contributed by atoms with Crippen molar-refractivity contribution in [3.63, 3.8) is 0 Å². The first kappa shape index (κ1) is 26.2. The Morgan fingerprint density at radius 2 is 1.91 bits per heavy atom. The molecule has 0 spiro atoms. The van der Waals surface area contributed by atoms with Crippen LogP contribution < -0.4 is 10.7 Å². The Morgan fingerprint density at radius 1 is 1.17 bits per heavy atom. The molecule has 4 rings (SSSR count). The number of nitrogens with zero attached hydrogens (tertiary/aromatic N) is 2. The maximum atomic E-state index is 13.3. The van der Waals surface area contributed by atoms with E-state index in [9.17, 15) is 18.0 Å². The van der Waals surface area contributed by atoms with E-state index in [0.717, 1.165) is 17.4 Å². The second-order valence-electron chi connectivity index (χ2n) is 9.09. The number of carbonyl (C=O) groups excluding carboxylic acids is 1. The summed E-state index contributed by atoms with van der Waals surface area (Å²) in [5.41, 5.74) is 0.205. The predicted octanol–water partition coefficient (Wildman–Crippen LogP) is 3.23. The van der Waals surface area contributed by atoms with Gasteiger partial charge < -0.3 is 14.6 Å². The number of fused-ring (bicyclic) bond motifs is 1. The lowest BCUT2D eigenvalue weighted by atomic mass is 10.0. The monoisotopic (exact) mass is 521 g/mol. The van der Waals surface area contributed by atoms with E-state index < -0.39 is 21.4 Å². The second-order valence-corrected chi connectivity index (χ2v) is 12.4. The van der Waals surface area contributed by atoms with Crippen LogP contribution >= 0.6 is 11.8 Å². The van der Waals surface area contributed by atoms with Gasteiger partial charge in [0.05, 0.1) is 23.6 Å². The number of morpholine rings is 1. The molecule has 10 heteroatoms. The lowest BCUT2D eigenvalue weighted by Crippen LogP contribution is -2.40. The fourth-order valence-electron chi connectivity index (χ4n) is 4.75. The van der Waals surface area contributed by atoms with Crippen LogP contribution in [0.5, 0.6) is 0 Å². The van der Waals surface area contributed by atoms with Crippen LogP contribution in [0.2, 0.25) is 0 Å². The van der Waals surface area contributed by atoms with E-state index in [1.807, 2.05) is 23.3 Å². The lowest BCUT2D eigenvalue weighted by Gasteiger charge is -2.26. The second kappa shape index (κ2) is 11.9. The molecule has 0 unspecified atom stereocenters. The van der Waals surface area contributed by atoms with Crippen molar-refractivity contribution >= 4 is 38.6 Å². The van der Waals surface area contributed by atoms with Crippen LogP contribution in [0.3, 0.4) is 0 Å². The first-order chi connectivity index (χ1) is 16.9. The Morgan fingerprint density at radius 3 is 2.63 bits per heavy atom. The standard InChI is InChI=1S/C25H35N3O5S2/c1-2-27-18-22(25(30)26-11-6-16-34-19-7-4-3-5-8-19)24(29)21-17-20(9-10-23(21)27)35(31,32)28-12-14-33-15-13-28/h9-10,17-19H,2-8,11-16H2,1H3,(H,26,30). The van der Waals surface area contributed by atoms with E-state index in [1.165, 1.54) is 48.5 Å². The molecule has 8 nitrogen and oxygen atoms in total. The molecule has 1 aliphatic heterocycles. The van der Waals surface area contributed by atoms with Gasteiger partial charge in [-0.1, -0.05) is 19.3 Å². The lowest BCUT2D eigenvalue weighted by molar-refractivity contribution is 0.0730. The number of ether oxygens (including phenoxy) is 1. The number of pyridine rings is 1. The Labute approximate surface area is 211 Å². The molecule has 0 bridgehead atoms. The number of hydrogen-bond donors (Lipinski definition) is 1. The Kier molecular flexibility index (Phi) is 8.91. The molecular formula is C25H35N3O5S2.